The number of amides is 1. The number of hydrogen-bond donors (Lipinski definition) is 1. The molecule has 0 spiro atoms. The number of rotatable bonds is 4. The molecule has 0 saturated carbocycles. The maximum absolute atomic E-state index is 12.0. The van der Waals surface area contributed by atoms with Crippen molar-refractivity contribution >= 4 is 6.03 Å². The third-order valence-electron chi connectivity index (χ3n) is 2.76. The molecule has 1 aromatic heterocycles. The number of nitrogens with zero attached hydrogens (tertiary/aromatic N) is 2. The van der Waals surface area contributed by atoms with Gasteiger partial charge in [0.05, 0.1) is 12.8 Å². The molecule has 0 aliphatic heterocycles. The number of methoxy groups -OCH3 is 1. The molecular weight excluding hydrogens is 287 g/mol. The summed E-state index contributed by atoms with van der Waals surface area (Å²) in [7, 11) is 1.38. The van der Waals surface area contributed by atoms with Crippen LogP contribution in [0.1, 0.15) is 39.3 Å². The Hall–Kier alpha value is -1.73. The molecule has 0 saturated heterocycles. The Morgan fingerprint density at radius 3 is 2.48 bits per heavy atom. The second kappa shape index (κ2) is 6.36. The van der Waals surface area contributed by atoms with Gasteiger partial charge in [0.2, 0.25) is 0 Å². The summed E-state index contributed by atoms with van der Waals surface area (Å²) >= 11 is 0. The lowest BCUT2D eigenvalue weighted by Gasteiger charge is -2.13. The van der Waals surface area contributed by atoms with Crippen molar-refractivity contribution in [1.82, 2.24) is 14.9 Å². The Kier molecular flexibility index (Phi) is 5.25. The SMILES string of the molecule is COc1nc(C(C)(C)C)cn1C(=O)NCCCC(F)(F)F. The predicted molar refractivity (Wildman–Crippen MR) is 71.6 cm³/mol. The largest absolute Gasteiger partial charge is 0.468 e. The van der Waals surface area contributed by atoms with Crippen molar-refractivity contribution in [2.45, 2.75) is 45.2 Å². The van der Waals surface area contributed by atoms with E-state index in [-0.39, 0.29) is 24.4 Å². The average Bonchev–Trinajstić information content (AvgIpc) is 2.77. The van der Waals surface area contributed by atoms with Gasteiger partial charge in [-0.1, -0.05) is 20.8 Å². The average molecular weight is 307 g/mol. The zero-order valence-corrected chi connectivity index (χ0v) is 12.5. The van der Waals surface area contributed by atoms with E-state index in [1.165, 1.54) is 13.3 Å². The van der Waals surface area contributed by atoms with Gasteiger partial charge < -0.3 is 10.1 Å². The van der Waals surface area contributed by atoms with Crippen LogP contribution in [0, 0.1) is 0 Å². The number of hydrogen-bond acceptors (Lipinski definition) is 3. The summed E-state index contributed by atoms with van der Waals surface area (Å²) in [5.74, 6) is 0. The molecule has 0 aromatic carbocycles. The molecule has 0 radical (unpaired) electrons. The van der Waals surface area contributed by atoms with Gasteiger partial charge in [0.25, 0.3) is 0 Å². The number of carbonyl (C=O) groups is 1. The van der Waals surface area contributed by atoms with Crippen LogP contribution in [-0.2, 0) is 5.41 Å². The maximum atomic E-state index is 12.0. The highest BCUT2D eigenvalue weighted by Crippen LogP contribution is 2.24. The number of alkyl halides is 3. The first kappa shape index (κ1) is 17.3. The Labute approximate surface area is 121 Å². The second-order valence-corrected chi connectivity index (χ2v) is 5.68. The number of nitrogens with one attached hydrogen (secondary N) is 1. The van der Waals surface area contributed by atoms with Gasteiger partial charge in [-0.05, 0) is 6.42 Å². The minimum Gasteiger partial charge on any atom is -0.468 e. The lowest BCUT2D eigenvalue weighted by Crippen LogP contribution is -2.30. The summed E-state index contributed by atoms with van der Waals surface area (Å²) in [5, 5.41) is 2.42. The van der Waals surface area contributed by atoms with Crippen LogP contribution in [0.4, 0.5) is 18.0 Å². The molecule has 0 aliphatic carbocycles. The van der Waals surface area contributed by atoms with E-state index in [9.17, 15) is 18.0 Å². The number of carbonyl (C=O) groups excluding carboxylic acids is 1. The molecule has 1 heterocycles. The van der Waals surface area contributed by atoms with E-state index in [1.807, 2.05) is 20.8 Å². The van der Waals surface area contributed by atoms with E-state index in [0.29, 0.717) is 5.69 Å². The van der Waals surface area contributed by atoms with Crippen LogP contribution in [0.5, 0.6) is 6.01 Å². The quantitative estimate of drug-likeness (QED) is 0.870. The molecule has 1 aromatic rings. The molecule has 0 unspecified atom stereocenters. The van der Waals surface area contributed by atoms with Gasteiger partial charge >= 0.3 is 18.2 Å². The number of halogens is 3. The molecule has 8 heteroatoms. The third-order valence-corrected chi connectivity index (χ3v) is 2.76. The first-order valence-corrected chi connectivity index (χ1v) is 6.53. The Balaban J connectivity index is 2.68. The van der Waals surface area contributed by atoms with E-state index in [4.69, 9.17) is 4.74 Å². The Bertz CT molecular complexity index is 490. The topological polar surface area (TPSA) is 56.2 Å². The second-order valence-electron chi connectivity index (χ2n) is 5.68. The highest BCUT2D eigenvalue weighted by molar-refractivity contribution is 5.78. The summed E-state index contributed by atoms with van der Waals surface area (Å²) in [4.78, 5) is 16.1. The van der Waals surface area contributed by atoms with Crippen LogP contribution < -0.4 is 10.1 Å². The predicted octanol–water partition coefficient (Wildman–Crippen LogP) is 3.09. The minimum atomic E-state index is -4.21. The highest BCUT2D eigenvalue weighted by atomic mass is 19.4. The van der Waals surface area contributed by atoms with Gasteiger partial charge in [-0.25, -0.2) is 9.36 Å². The minimum absolute atomic E-state index is 0.0650. The van der Waals surface area contributed by atoms with E-state index in [0.717, 1.165) is 4.57 Å². The van der Waals surface area contributed by atoms with Crippen LogP contribution >= 0.6 is 0 Å². The smallest absolute Gasteiger partial charge is 0.389 e. The zero-order valence-electron chi connectivity index (χ0n) is 12.5. The van der Waals surface area contributed by atoms with Crippen LogP contribution in [-0.4, -0.2) is 35.4 Å². The lowest BCUT2D eigenvalue weighted by atomic mass is 9.93. The number of ether oxygens (including phenoxy) is 1. The van der Waals surface area contributed by atoms with Gasteiger partial charge in [0.1, 0.15) is 0 Å². The van der Waals surface area contributed by atoms with Crippen molar-refractivity contribution in [3.8, 4) is 6.01 Å². The van der Waals surface area contributed by atoms with Gasteiger partial charge in [0.15, 0.2) is 0 Å². The Morgan fingerprint density at radius 1 is 1.38 bits per heavy atom. The van der Waals surface area contributed by atoms with Crippen LogP contribution in [0.2, 0.25) is 0 Å². The normalized spacial score (nSPS) is 12.3. The van der Waals surface area contributed by atoms with Crippen molar-refractivity contribution in [1.29, 1.82) is 0 Å². The number of imidazole rings is 1. The maximum Gasteiger partial charge on any atom is 0.389 e. The molecule has 1 amide bonds. The molecule has 120 valence electrons. The van der Waals surface area contributed by atoms with Crippen LogP contribution in [0.15, 0.2) is 6.20 Å². The summed E-state index contributed by atoms with van der Waals surface area (Å²) in [6.45, 7) is 5.73. The summed E-state index contributed by atoms with van der Waals surface area (Å²) in [6, 6.07) is -0.453. The van der Waals surface area contributed by atoms with Gasteiger partial charge in [-0.15, -0.1) is 0 Å². The fourth-order valence-corrected chi connectivity index (χ4v) is 1.58. The van der Waals surface area contributed by atoms with E-state index in [1.54, 1.807) is 0 Å². The van der Waals surface area contributed by atoms with Crippen molar-refractivity contribution in [2.75, 3.05) is 13.7 Å². The molecule has 0 bridgehead atoms. The Morgan fingerprint density at radius 2 is 2.00 bits per heavy atom. The van der Waals surface area contributed by atoms with Crippen molar-refractivity contribution in [3.05, 3.63) is 11.9 Å². The molecule has 1 N–H and O–H groups in total. The van der Waals surface area contributed by atoms with Gasteiger partial charge in [0, 0.05) is 24.6 Å². The molecule has 5 nitrogen and oxygen atoms in total. The fourth-order valence-electron chi connectivity index (χ4n) is 1.58. The molecule has 21 heavy (non-hydrogen) atoms. The summed E-state index contributed by atoms with van der Waals surface area (Å²) in [6.07, 6.45) is -3.78. The first-order valence-electron chi connectivity index (χ1n) is 6.53. The van der Waals surface area contributed by atoms with E-state index in [2.05, 4.69) is 10.3 Å². The zero-order chi connectivity index (χ0) is 16.3. The fraction of sp³-hybridized carbons (Fsp3) is 0.692. The van der Waals surface area contributed by atoms with Crippen LogP contribution in [0.3, 0.4) is 0 Å². The van der Waals surface area contributed by atoms with E-state index >= 15 is 0 Å². The van der Waals surface area contributed by atoms with E-state index < -0.39 is 18.6 Å². The standard InChI is InChI=1S/C13H20F3N3O2/c1-12(2,3)9-8-19(11(18-9)21-4)10(20)17-7-5-6-13(14,15)16/h8H,5-7H2,1-4H3,(H,17,20). The summed E-state index contributed by atoms with van der Waals surface area (Å²) in [5.41, 5.74) is 0.388. The molecule has 0 aliphatic rings. The lowest BCUT2D eigenvalue weighted by molar-refractivity contribution is -0.135. The highest BCUT2D eigenvalue weighted by Gasteiger charge is 2.26. The molecule has 0 fully saturated rings. The van der Waals surface area contributed by atoms with Crippen molar-refractivity contribution in [2.24, 2.45) is 0 Å². The van der Waals surface area contributed by atoms with Gasteiger partial charge in [-0.3, -0.25) is 0 Å². The molecule has 1 rings (SSSR count). The number of aromatic nitrogens is 2. The first-order chi connectivity index (χ1) is 9.54. The molecular formula is C13H20F3N3O2. The van der Waals surface area contributed by atoms with Gasteiger partial charge in [-0.2, -0.15) is 18.2 Å². The van der Waals surface area contributed by atoms with Crippen LogP contribution in [0.25, 0.3) is 0 Å². The molecule has 0 atom stereocenters. The summed E-state index contributed by atoms with van der Waals surface area (Å²) < 4.78 is 42.2. The monoisotopic (exact) mass is 307 g/mol. The third kappa shape index (κ3) is 5.28. The van der Waals surface area contributed by atoms with Crippen molar-refractivity contribution < 1.29 is 22.7 Å². The van der Waals surface area contributed by atoms with Crippen molar-refractivity contribution in [3.63, 3.8) is 0 Å².